The number of aliphatic hydroxyl groups is 2. The van der Waals surface area contributed by atoms with Gasteiger partial charge in [-0.2, -0.15) is 0 Å². The minimum atomic E-state index is -0.705. The first kappa shape index (κ1) is 10.9. The van der Waals surface area contributed by atoms with Gasteiger partial charge >= 0.3 is 0 Å². The molecule has 0 aromatic heterocycles. The van der Waals surface area contributed by atoms with Gasteiger partial charge < -0.3 is 10.2 Å². The van der Waals surface area contributed by atoms with Gasteiger partial charge in [0.1, 0.15) is 0 Å². The molecule has 0 spiro atoms. The van der Waals surface area contributed by atoms with Gasteiger partial charge in [0.25, 0.3) is 0 Å². The van der Waals surface area contributed by atoms with Crippen LogP contribution in [0.1, 0.15) is 40.5 Å². The molecule has 0 heterocycles. The van der Waals surface area contributed by atoms with Crippen LogP contribution in [-0.2, 0) is 0 Å². The van der Waals surface area contributed by atoms with Crippen LogP contribution in [0.15, 0.2) is 0 Å². The first-order valence-corrected chi connectivity index (χ1v) is 4.29. The SMILES string of the molecule is CCC(C)(O)CC(O)C(C)C. The van der Waals surface area contributed by atoms with Crippen molar-refractivity contribution in [3.8, 4) is 0 Å². The zero-order valence-electron chi connectivity index (χ0n) is 7.96. The van der Waals surface area contributed by atoms with E-state index in [1.807, 2.05) is 20.8 Å². The zero-order chi connectivity index (χ0) is 9.07. The van der Waals surface area contributed by atoms with Gasteiger partial charge in [-0.15, -0.1) is 0 Å². The number of rotatable bonds is 4. The average Bonchev–Trinajstić information content (AvgIpc) is 1.87. The molecule has 68 valence electrons. The number of hydrogen-bond donors (Lipinski definition) is 2. The molecule has 0 fully saturated rings. The van der Waals surface area contributed by atoms with E-state index in [1.54, 1.807) is 6.92 Å². The van der Waals surface area contributed by atoms with Crippen LogP contribution in [0.3, 0.4) is 0 Å². The number of hydrogen-bond acceptors (Lipinski definition) is 2. The van der Waals surface area contributed by atoms with Crippen LogP contribution in [0, 0.1) is 5.92 Å². The Morgan fingerprint density at radius 2 is 1.82 bits per heavy atom. The largest absolute Gasteiger partial charge is 0.393 e. The lowest BCUT2D eigenvalue weighted by Crippen LogP contribution is -2.31. The highest BCUT2D eigenvalue weighted by atomic mass is 16.3. The highest BCUT2D eigenvalue weighted by molar-refractivity contribution is 4.76. The van der Waals surface area contributed by atoms with Crippen LogP contribution < -0.4 is 0 Å². The lowest BCUT2D eigenvalue weighted by atomic mass is 9.91. The Labute approximate surface area is 69.2 Å². The minimum absolute atomic E-state index is 0.230. The molecule has 2 atom stereocenters. The molecule has 0 saturated heterocycles. The van der Waals surface area contributed by atoms with Crippen molar-refractivity contribution < 1.29 is 10.2 Å². The maximum Gasteiger partial charge on any atom is 0.0641 e. The maximum atomic E-state index is 9.58. The topological polar surface area (TPSA) is 40.5 Å². The summed E-state index contributed by atoms with van der Waals surface area (Å²) in [6.07, 6.45) is 0.780. The maximum absolute atomic E-state index is 9.58. The molecule has 11 heavy (non-hydrogen) atoms. The van der Waals surface area contributed by atoms with E-state index >= 15 is 0 Å². The van der Waals surface area contributed by atoms with Gasteiger partial charge in [0.2, 0.25) is 0 Å². The third-order valence-electron chi connectivity index (χ3n) is 2.18. The van der Waals surface area contributed by atoms with Gasteiger partial charge in [-0.05, 0) is 19.3 Å². The minimum Gasteiger partial charge on any atom is -0.393 e. The van der Waals surface area contributed by atoms with Crippen molar-refractivity contribution in [3.05, 3.63) is 0 Å². The highest BCUT2D eigenvalue weighted by Gasteiger charge is 2.23. The third kappa shape index (κ3) is 4.38. The Balaban J connectivity index is 3.83. The van der Waals surface area contributed by atoms with E-state index in [2.05, 4.69) is 0 Å². The van der Waals surface area contributed by atoms with Crippen LogP contribution in [0.4, 0.5) is 0 Å². The lowest BCUT2D eigenvalue weighted by molar-refractivity contribution is -0.0130. The summed E-state index contributed by atoms with van der Waals surface area (Å²) < 4.78 is 0. The van der Waals surface area contributed by atoms with E-state index in [0.717, 1.165) is 0 Å². The fraction of sp³-hybridized carbons (Fsp3) is 1.00. The molecule has 0 radical (unpaired) electrons. The molecule has 2 unspecified atom stereocenters. The molecule has 0 amide bonds. The summed E-state index contributed by atoms with van der Waals surface area (Å²) in [5.74, 6) is 0.230. The summed E-state index contributed by atoms with van der Waals surface area (Å²) in [4.78, 5) is 0. The van der Waals surface area contributed by atoms with Crippen molar-refractivity contribution in [2.75, 3.05) is 0 Å². The molecule has 2 nitrogen and oxygen atoms in total. The second-order valence-corrected chi connectivity index (χ2v) is 3.87. The van der Waals surface area contributed by atoms with Gasteiger partial charge in [0, 0.05) is 6.42 Å². The predicted molar refractivity (Wildman–Crippen MR) is 46.4 cm³/mol. The summed E-state index contributed by atoms with van der Waals surface area (Å²) in [6, 6.07) is 0. The molecular weight excluding hydrogens is 140 g/mol. The van der Waals surface area contributed by atoms with Crippen molar-refractivity contribution in [3.63, 3.8) is 0 Å². The van der Waals surface area contributed by atoms with E-state index < -0.39 is 5.60 Å². The zero-order valence-corrected chi connectivity index (χ0v) is 7.96. The second-order valence-electron chi connectivity index (χ2n) is 3.87. The van der Waals surface area contributed by atoms with Crippen LogP contribution in [-0.4, -0.2) is 21.9 Å². The fourth-order valence-corrected chi connectivity index (χ4v) is 0.831. The average molecular weight is 160 g/mol. The fourth-order valence-electron chi connectivity index (χ4n) is 0.831. The van der Waals surface area contributed by atoms with Crippen LogP contribution >= 0.6 is 0 Å². The quantitative estimate of drug-likeness (QED) is 0.655. The Morgan fingerprint density at radius 3 is 2.09 bits per heavy atom. The molecule has 0 rings (SSSR count). The predicted octanol–water partition coefficient (Wildman–Crippen LogP) is 1.55. The molecule has 2 heteroatoms. The second kappa shape index (κ2) is 4.07. The summed E-state index contributed by atoms with van der Waals surface area (Å²) in [7, 11) is 0. The smallest absolute Gasteiger partial charge is 0.0641 e. The normalized spacial score (nSPS) is 19.9. The molecule has 0 aromatic rings. The van der Waals surface area contributed by atoms with Crippen molar-refractivity contribution in [2.45, 2.75) is 52.2 Å². The lowest BCUT2D eigenvalue weighted by Gasteiger charge is -2.26. The van der Waals surface area contributed by atoms with Crippen LogP contribution in [0.25, 0.3) is 0 Å². The molecule has 0 saturated carbocycles. The van der Waals surface area contributed by atoms with Gasteiger partial charge in [0.15, 0.2) is 0 Å². The van der Waals surface area contributed by atoms with Crippen molar-refractivity contribution in [1.29, 1.82) is 0 Å². The molecular formula is C9H20O2. The van der Waals surface area contributed by atoms with E-state index in [0.29, 0.717) is 12.8 Å². The van der Waals surface area contributed by atoms with Crippen molar-refractivity contribution in [1.82, 2.24) is 0 Å². The Bertz CT molecular complexity index is 108. The van der Waals surface area contributed by atoms with E-state index in [-0.39, 0.29) is 12.0 Å². The van der Waals surface area contributed by atoms with Crippen LogP contribution in [0.2, 0.25) is 0 Å². The van der Waals surface area contributed by atoms with Gasteiger partial charge in [0.05, 0.1) is 11.7 Å². The molecule has 0 aliphatic heterocycles. The summed E-state index contributed by atoms with van der Waals surface area (Å²) in [5, 5.41) is 19.0. The third-order valence-corrected chi connectivity index (χ3v) is 2.18. The first-order chi connectivity index (χ1) is 4.89. The molecule has 0 aliphatic carbocycles. The molecule has 0 aliphatic rings. The summed E-state index contributed by atoms with van der Waals surface area (Å²) >= 11 is 0. The molecule has 0 bridgehead atoms. The Kier molecular flexibility index (Phi) is 4.04. The van der Waals surface area contributed by atoms with Crippen molar-refractivity contribution >= 4 is 0 Å². The summed E-state index contributed by atoms with van der Waals surface area (Å²) in [6.45, 7) is 7.60. The first-order valence-electron chi connectivity index (χ1n) is 4.29. The van der Waals surface area contributed by atoms with Gasteiger partial charge in [-0.3, -0.25) is 0 Å². The highest BCUT2D eigenvalue weighted by Crippen LogP contribution is 2.19. The Morgan fingerprint density at radius 1 is 1.36 bits per heavy atom. The van der Waals surface area contributed by atoms with Gasteiger partial charge in [-0.1, -0.05) is 20.8 Å². The Hall–Kier alpha value is -0.0800. The van der Waals surface area contributed by atoms with Gasteiger partial charge in [-0.25, -0.2) is 0 Å². The standard InChI is InChI=1S/C9H20O2/c1-5-9(4,11)6-8(10)7(2)3/h7-8,10-11H,5-6H2,1-4H3. The van der Waals surface area contributed by atoms with Crippen molar-refractivity contribution in [2.24, 2.45) is 5.92 Å². The van der Waals surface area contributed by atoms with E-state index in [9.17, 15) is 10.2 Å². The van der Waals surface area contributed by atoms with Crippen LogP contribution in [0.5, 0.6) is 0 Å². The monoisotopic (exact) mass is 160 g/mol. The molecule has 2 N–H and O–H groups in total. The van der Waals surface area contributed by atoms with E-state index in [4.69, 9.17) is 0 Å². The van der Waals surface area contributed by atoms with E-state index in [1.165, 1.54) is 0 Å². The molecule has 0 aromatic carbocycles. The number of aliphatic hydroxyl groups excluding tert-OH is 1. The summed E-state index contributed by atoms with van der Waals surface area (Å²) in [5.41, 5.74) is -0.705.